The highest BCUT2D eigenvalue weighted by molar-refractivity contribution is 8.06. The van der Waals surface area contributed by atoms with Crippen LogP contribution in [0.2, 0.25) is 0 Å². The molecule has 4 heteroatoms. The molecule has 1 fully saturated rings. The van der Waals surface area contributed by atoms with Gasteiger partial charge in [-0.2, -0.15) is 23.5 Å². The van der Waals surface area contributed by atoms with Gasteiger partial charge in [0.25, 0.3) is 0 Å². The SMILES string of the molecule is CC(O)CCNCC1CSCCS1. The van der Waals surface area contributed by atoms with Gasteiger partial charge in [0.05, 0.1) is 6.10 Å². The highest BCUT2D eigenvalue weighted by Gasteiger charge is 2.13. The fourth-order valence-corrected chi connectivity index (χ4v) is 3.87. The molecular weight excluding hydrogens is 202 g/mol. The van der Waals surface area contributed by atoms with Crippen molar-refractivity contribution in [3.63, 3.8) is 0 Å². The average molecular weight is 221 g/mol. The quantitative estimate of drug-likeness (QED) is 0.683. The zero-order valence-electron chi connectivity index (χ0n) is 8.16. The van der Waals surface area contributed by atoms with Gasteiger partial charge < -0.3 is 10.4 Å². The van der Waals surface area contributed by atoms with Crippen molar-refractivity contribution in [2.45, 2.75) is 24.7 Å². The Morgan fingerprint density at radius 1 is 1.54 bits per heavy atom. The van der Waals surface area contributed by atoms with E-state index in [4.69, 9.17) is 5.11 Å². The first kappa shape index (κ1) is 11.7. The standard InChI is InChI=1S/C9H19NOS2/c1-8(11)2-3-10-6-9-7-12-4-5-13-9/h8-11H,2-7H2,1H3. The minimum atomic E-state index is -0.166. The Morgan fingerprint density at radius 3 is 3.00 bits per heavy atom. The Hall–Kier alpha value is 0.620. The summed E-state index contributed by atoms with van der Waals surface area (Å²) >= 11 is 4.13. The van der Waals surface area contributed by atoms with E-state index in [1.165, 1.54) is 17.3 Å². The van der Waals surface area contributed by atoms with E-state index in [1.807, 2.05) is 6.92 Å². The van der Waals surface area contributed by atoms with Gasteiger partial charge in [0, 0.05) is 29.1 Å². The normalized spacial score (nSPS) is 25.8. The van der Waals surface area contributed by atoms with Crippen LogP contribution in [-0.4, -0.2) is 46.8 Å². The monoisotopic (exact) mass is 221 g/mol. The van der Waals surface area contributed by atoms with Crippen LogP contribution in [0, 0.1) is 0 Å². The maximum Gasteiger partial charge on any atom is 0.0524 e. The zero-order chi connectivity index (χ0) is 9.52. The van der Waals surface area contributed by atoms with Crippen molar-refractivity contribution < 1.29 is 5.11 Å². The fourth-order valence-electron chi connectivity index (χ4n) is 1.23. The Kier molecular flexibility index (Phi) is 6.28. The van der Waals surface area contributed by atoms with Crippen LogP contribution in [0.5, 0.6) is 0 Å². The Labute approximate surface area is 89.2 Å². The van der Waals surface area contributed by atoms with Gasteiger partial charge in [0.2, 0.25) is 0 Å². The average Bonchev–Trinajstić information content (AvgIpc) is 2.14. The van der Waals surface area contributed by atoms with Crippen LogP contribution in [0.25, 0.3) is 0 Å². The molecule has 0 aromatic carbocycles. The summed E-state index contributed by atoms with van der Waals surface area (Å²) < 4.78 is 0. The maximum atomic E-state index is 9.04. The van der Waals surface area contributed by atoms with Crippen molar-refractivity contribution in [1.82, 2.24) is 5.32 Å². The van der Waals surface area contributed by atoms with Crippen LogP contribution in [0.15, 0.2) is 0 Å². The van der Waals surface area contributed by atoms with Gasteiger partial charge in [-0.25, -0.2) is 0 Å². The predicted molar refractivity (Wildman–Crippen MR) is 62.7 cm³/mol. The van der Waals surface area contributed by atoms with E-state index in [2.05, 4.69) is 28.8 Å². The van der Waals surface area contributed by atoms with E-state index in [1.54, 1.807) is 0 Å². The van der Waals surface area contributed by atoms with E-state index in [0.717, 1.165) is 24.8 Å². The summed E-state index contributed by atoms with van der Waals surface area (Å²) in [5, 5.41) is 13.2. The number of aliphatic hydroxyl groups excluding tert-OH is 1. The van der Waals surface area contributed by atoms with E-state index in [0.29, 0.717) is 0 Å². The van der Waals surface area contributed by atoms with Crippen LogP contribution in [0.4, 0.5) is 0 Å². The lowest BCUT2D eigenvalue weighted by molar-refractivity contribution is 0.184. The zero-order valence-corrected chi connectivity index (χ0v) is 9.79. The summed E-state index contributed by atoms with van der Waals surface area (Å²) in [5.41, 5.74) is 0. The number of hydrogen-bond donors (Lipinski definition) is 2. The number of rotatable bonds is 5. The van der Waals surface area contributed by atoms with Crippen LogP contribution in [0.1, 0.15) is 13.3 Å². The molecule has 0 aromatic heterocycles. The maximum absolute atomic E-state index is 9.04. The van der Waals surface area contributed by atoms with Crippen molar-refractivity contribution >= 4 is 23.5 Å². The lowest BCUT2D eigenvalue weighted by Gasteiger charge is -2.21. The molecule has 1 heterocycles. The van der Waals surface area contributed by atoms with E-state index in [9.17, 15) is 0 Å². The predicted octanol–water partition coefficient (Wildman–Crippen LogP) is 1.20. The molecule has 0 radical (unpaired) electrons. The molecule has 0 saturated carbocycles. The molecular formula is C9H19NOS2. The van der Waals surface area contributed by atoms with Crippen LogP contribution < -0.4 is 5.32 Å². The molecule has 0 amide bonds. The second-order valence-electron chi connectivity index (χ2n) is 3.41. The van der Waals surface area contributed by atoms with Crippen molar-refractivity contribution in [3.8, 4) is 0 Å². The molecule has 1 rings (SSSR count). The highest BCUT2D eigenvalue weighted by atomic mass is 32.2. The summed E-state index contributed by atoms with van der Waals surface area (Å²) in [4.78, 5) is 0. The molecule has 2 atom stereocenters. The van der Waals surface area contributed by atoms with Crippen molar-refractivity contribution in [2.24, 2.45) is 0 Å². The summed E-state index contributed by atoms with van der Waals surface area (Å²) in [6.07, 6.45) is 0.700. The molecule has 2 nitrogen and oxygen atoms in total. The fraction of sp³-hybridized carbons (Fsp3) is 1.00. The summed E-state index contributed by atoms with van der Waals surface area (Å²) in [6.45, 7) is 3.89. The topological polar surface area (TPSA) is 32.3 Å². The second-order valence-corrected chi connectivity index (χ2v) is 5.97. The molecule has 1 aliphatic rings. The third kappa shape index (κ3) is 5.83. The molecule has 2 N–H and O–H groups in total. The van der Waals surface area contributed by atoms with Crippen LogP contribution in [0.3, 0.4) is 0 Å². The minimum absolute atomic E-state index is 0.166. The molecule has 2 unspecified atom stereocenters. The molecule has 0 aromatic rings. The molecule has 1 aliphatic heterocycles. The number of hydrogen-bond acceptors (Lipinski definition) is 4. The van der Waals surface area contributed by atoms with Gasteiger partial charge in [-0.05, 0) is 19.9 Å². The lowest BCUT2D eigenvalue weighted by atomic mass is 10.3. The van der Waals surface area contributed by atoms with E-state index >= 15 is 0 Å². The molecule has 0 bridgehead atoms. The second kappa shape index (κ2) is 6.98. The van der Waals surface area contributed by atoms with Crippen LogP contribution >= 0.6 is 23.5 Å². The third-order valence-electron chi connectivity index (χ3n) is 2.00. The summed E-state index contributed by atoms with van der Waals surface area (Å²) in [5.74, 6) is 3.90. The van der Waals surface area contributed by atoms with E-state index in [-0.39, 0.29) is 6.10 Å². The largest absolute Gasteiger partial charge is 0.393 e. The number of thioether (sulfide) groups is 2. The minimum Gasteiger partial charge on any atom is -0.393 e. The van der Waals surface area contributed by atoms with Gasteiger partial charge >= 0.3 is 0 Å². The Morgan fingerprint density at radius 2 is 2.38 bits per heavy atom. The first-order chi connectivity index (χ1) is 6.29. The third-order valence-corrected chi connectivity index (χ3v) is 4.84. The first-order valence-corrected chi connectivity index (χ1v) is 7.07. The molecule has 1 saturated heterocycles. The van der Waals surface area contributed by atoms with Gasteiger partial charge in [-0.1, -0.05) is 0 Å². The molecule has 78 valence electrons. The number of nitrogens with one attached hydrogen (secondary N) is 1. The van der Waals surface area contributed by atoms with Crippen molar-refractivity contribution in [2.75, 3.05) is 30.3 Å². The van der Waals surface area contributed by atoms with Crippen molar-refractivity contribution in [3.05, 3.63) is 0 Å². The van der Waals surface area contributed by atoms with Gasteiger partial charge in [0.15, 0.2) is 0 Å². The van der Waals surface area contributed by atoms with E-state index < -0.39 is 0 Å². The Balaban J connectivity index is 1.92. The van der Waals surface area contributed by atoms with Gasteiger partial charge in [0.1, 0.15) is 0 Å². The highest BCUT2D eigenvalue weighted by Crippen LogP contribution is 2.23. The van der Waals surface area contributed by atoms with Gasteiger partial charge in [-0.3, -0.25) is 0 Å². The number of aliphatic hydroxyl groups is 1. The first-order valence-electron chi connectivity index (χ1n) is 4.87. The molecule has 0 spiro atoms. The summed E-state index contributed by atoms with van der Waals surface area (Å²) in [6, 6.07) is 0. The van der Waals surface area contributed by atoms with Crippen molar-refractivity contribution in [1.29, 1.82) is 0 Å². The molecule has 0 aliphatic carbocycles. The van der Waals surface area contributed by atoms with Crippen LogP contribution in [-0.2, 0) is 0 Å². The Bertz CT molecular complexity index is 127. The molecule has 13 heavy (non-hydrogen) atoms. The lowest BCUT2D eigenvalue weighted by Crippen LogP contribution is -2.30. The smallest absolute Gasteiger partial charge is 0.0524 e. The summed E-state index contributed by atoms with van der Waals surface area (Å²) in [7, 11) is 0. The van der Waals surface area contributed by atoms with Gasteiger partial charge in [-0.15, -0.1) is 0 Å².